The van der Waals surface area contributed by atoms with Crippen LogP contribution in [0.2, 0.25) is 0 Å². The predicted molar refractivity (Wildman–Crippen MR) is 97.5 cm³/mol. The number of carbonyl (C=O) groups is 1. The summed E-state index contributed by atoms with van der Waals surface area (Å²) in [5, 5.41) is 2.80. The lowest BCUT2D eigenvalue weighted by atomic mass is 10.2. The third kappa shape index (κ3) is 3.56. The zero-order valence-corrected chi connectivity index (χ0v) is 14.9. The average Bonchev–Trinajstić information content (AvgIpc) is 2.92. The highest BCUT2D eigenvalue weighted by Gasteiger charge is 2.15. The van der Waals surface area contributed by atoms with Gasteiger partial charge in [-0.1, -0.05) is 25.1 Å². The van der Waals surface area contributed by atoms with Crippen LogP contribution in [0, 0.1) is 0 Å². The van der Waals surface area contributed by atoms with Crippen molar-refractivity contribution in [1.82, 2.24) is 9.55 Å². The molecule has 0 saturated carbocycles. The highest BCUT2D eigenvalue weighted by Crippen LogP contribution is 2.21. The lowest BCUT2D eigenvalue weighted by molar-refractivity contribution is 0.102. The highest BCUT2D eigenvalue weighted by atomic mass is 32.2. The Bertz CT molecular complexity index is 1040. The molecule has 1 amide bonds. The van der Waals surface area contributed by atoms with Crippen LogP contribution in [0.3, 0.4) is 0 Å². The fourth-order valence-electron chi connectivity index (χ4n) is 2.66. The number of carbonyl (C=O) groups excluding carboxylic acids is 1. The number of nitrogens with zero attached hydrogens (tertiary/aromatic N) is 2. The number of benzene rings is 2. The summed E-state index contributed by atoms with van der Waals surface area (Å²) in [6.07, 6.45) is 2.01. The predicted octanol–water partition coefficient (Wildman–Crippen LogP) is 3.10. The monoisotopic (exact) mass is 357 g/mol. The fraction of sp³-hybridized carbons (Fsp3) is 0.222. The van der Waals surface area contributed by atoms with Gasteiger partial charge in [0.05, 0.1) is 15.9 Å². The Morgan fingerprint density at radius 2 is 1.92 bits per heavy atom. The molecule has 7 heteroatoms. The minimum atomic E-state index is -3.37. The zero-order valence-electron chi connectivity index (χ0n) is 14.1. The number of amides is 1. The number of sulfone groups is 1. The molecule has 25 heavy (non-hydrogen) atoms. The van der Waals surface area contributed by atoms with Crippen molar-refractivity contribution in [2.45, 2.75) is 24.8 Å². The van der Waals surface area contributed by atoms with Gasteiger partial charge in [0, 0.05) is 18.4 Å². The van der Waals surface area contributed by atoms with E-state index in [0.717, 1.165) is 30.3 Å². The molecule has 0 unspecified atom stereocenters. The van der Waals surface area contributed by atoms with Crippen molar-refractivity contribution < 1.29 is 13.2 Å². The van der Waals surface area contributed by atoms with Gasteiger partial charge in [0.15, 0.2) is 9.84 Å². The van der Waals surface area contributed by atoms with E-state index in [0.29, 0.717) is 5.95 Å². The number of anilines is 1. The maximum atomic E-state index is 12.6. The molecule has 0 aliphatic rings. The summed E-state index contributed by atoms with van der Waals surface area (Å²) in [6, 6.07) is 13.6. The molecule has 3 aromatic rings. The van der Waals surface area contributed by atoms with E-state index in [1.165, 1.54) is 12.1 Å². The number of hydrogen-bond acceptors (Lipinski definition) is 4. The van der Waals surface area contributed by atoms with Gasteiger partial charge in [0.1, 0.15) is 0 Å². The van der Waals surface area contributed by atoms with Crippen molar-refractivity contribution in [3.8, 4) is 0 Å². The second kappa shape index (κ2) is 6.68. The van der Waals surface area contributed by atoms with Crippen LogP contribution < -0.4 is 5.32 Å². The average molecular weight is 357 g/mol. The Labute approximate surface area is 146 Å². The first-order valence-corrected chi connectivity index (χ1v) is 9.86. The summed E-state index contributed by atoms with van der Waals surface area (Å²) < 4.78 is 25.3. The van der Waals surface area contributed by atoms with Crippen LogP contribution in [0.4, 0.5) is 5.95 Å². The Balaban J connectivity index is 1.96. The summed E-state index contributed by atoms with van der Waals surface area (Å²) >= 11 is 0. The number of aromatic nitrogens is 2. The first kappa shape index (κ1) is 17.2. The van der Waals surface area contributed by atoms with Gasteiger partial charge >= 0.3 is 0 Å². The molecule has 1 N–H and O–H groups in total. The van der Waals surface area contributed by atoms with E-state index in [9.17, 15) is 13.2 Å². The maximum absolute atomic E-state index is 12.6. The lowest BCUT2D eigenvalue weighted by Crippen LogP contribution is -2.16. The van der Waals surface area contributed by atoms with E-state index in [1.54, 1.807) is 12.1 Å². The first-order valence-electron chi connectivity index (χ1n) is 7.97. The molecule has 0 aliphatic carbocycles. The Kier molecular flexibility index (Phi) is 4.59. The van der Waals surface area contributed by atoms with Crippen LogP contribution in [-0.2, 0) is 16.4 Å². The standard InChI is InChI=1S/C18H19N3O3S/c1-3-11-21-16-10-5-4-9-15(16)19-18(21)20-17(22)13-7-6-8-14(12-13)25(2,23)24/h4-10,12H,3,11H2,1-2H3,(H,19,20,22). The van der Waals surface area contributed by atoms with Gasteiger partial charge in [-0.2, -0.15) is 0 Å². The van der Waals surface area contributed by atoms with E-state index in [4.69, 9.17) is 0 Å². The van der Waals surface area contributed by atoms with Crippen LogP contribution in [0.15, 0.2) is 53.4 Å². The number of fused-ring (bicyclic) bond motifs is 1. The summed E-state index contributed by atoms with van der Waals surface area (Å²) in [4.78, 5) is 17.2. The topological polar surface area (TPSA) is 81.1 Å². The van der Waals surface area contributed by atoms with Crippen molar-refractivity contribution >= 4 is 32.7 Å². The number of aryl methyl sites for hydroxylation is 1. The molecular weight excluding hydrogens is 338 g/mol. The Morgan fingerprint density at radius 1 is 1.16 bits per heavy atom. The van der Waals surface area contributed by atoms with Gasteiger partial charge in [0.2, 0.25) is 5.95 Å². The van der Waals surface area contributed by atoms with Gasteiger partial charge < -0.3 is 4.57 Å². The molecule has 2 aromatic carbocycles. The molecule has 0 atom stereocenters. The molecule has 0 spiro atoms. The summed E-state index contributed by atoms with van der Waals surface area (Å²) in [7, 11) is -3.37. The first-order chi connectivity index (χ1) is 11.9. The molecule has 6 nitrogen and oxygen atoms in total. The maximum Gasteiger partial charge on any atom is 0.258 e. The van der Waals surface area contributed by atoms with E-state index < -0.39 is 15.7 Å². The number of hydrogen-bond donors (Lipinski definition) is 1. The van der Waals surface area contributed by atoms with Gasteiger partial charge in [-0.05, 0) is 36.8 Å². The third-order valence-electron chi connectivity index (χ3n) is 3.85. The molecule has 0 fully saturated rings. The van der Waals surface area contributed by atoms with Crippen LogP contribution in [0.5, 0.6) is 0 Å². The van der Waals surface area contributed by atoms with Crippen LogP contribution >= 0.6 is 0 Å². The molecule has 0 saturated heterocycles. The van der Waals surface area contributed by atoms with E-state index in [-0.39, 0.29) is 10.5 Å². The lowest BCUT2D eigenvalue weighted by Gasteiger charge is -2.09. The van der Waals surface area contributed by atoms with Gasteiger partial charge in [-0.3, -0.25) is 10.1 Å². The van der Waals surface area contributed by atoms with Crippen LogP contribution in [0.25, 0.3) is 11.0 Å². The molecule has 1 heterocycles. The normalized spacial score (nSPS) is 11.6. The highest BCUT2D eigenvalue weighted by molar-refractivity contribution is 7.90. The van der Waals surface area contributed by atoms with Crippen molar-refractivity contribution in [2.75, 3.05) is 11.6 Å². The zero-order chi connectivity index (χ0) is 18.0. The smallest absolute Gasteiger partial charge is 0.258 e. The molecule has 0 bridgehead atoms. The SMILES string of the molecule is CCCn1c(NC(=O)c2cccc(S(C)(=O)=O)c2)nc2ccccc21. The van der Waals surface area contributed by atoms with Crippen molar-refractivity contribution in [3.05, 3.63) is 54.1 Å². The van der Waals surface area contributed by atoms with Gasteiger partial charge in [-0.15, -0.1) is 0 Å². The van der Waals surface area contributed by atoms with Crippen molar-refractivity contribution in [2.24, 2.45) is 0 Å². The van der Waals surface area contributed by atoms with Crippen molar-refractivity contribution in [3.63, 3.8) is 0 Å². The summed E-state index contributed by atoms with van der Waals surface area (Å²) in [5.41, 5.74) is 2.03. The second-order valence-corrected chi connectivity index (χ2v) is 7.85. The van der Waals surface area contributed by atoms with E-state index >= 15 is 0 Å². The molecule has 130 valence electrons. The van der Waals surface area contributed by atoms with E-state index in [2.05, 4.69) is 17.2 Å². The third-order valence-corrected chi connectivity index (χ3v) is 4.96. The molecule has 1 aromatic heterocycles. The minimum Gasteiger partial charge on any atom is -0.310 e. The van der Waals surface area contributed by atoms with Gasteiger partial charge in [0.25, 0.3) is 5.91 Å². The molecule has 0 aliphatic heterocycles. The summed E-state index contributed by atoms with van der Waals surface area (Å²) in [5.74, 6) is 0.0657. The quantitative estimate of drug-likeness (QED) is 0.761. The molecular formula is C18H19N3O3S. The molecule has 0 radical (unpaired) electrons. The van der Waals surface area contributed by atoms with Crippen LogP contribution in [0.1, 0.15) is 23.7 Å². The second-order valence-electron chi connectivity index (χ2n) is 5.83. The fourth-order valence-corrected chi connectivity index (χ4v) is 3.33. The number of rotatable bonds is 5. The van der Waals surface area contributed by atoms with E-state index in [1.807, 2.05) is 28.8 Å². The minimum absolute atomic E-state index is 0.113. The molecule has 3 rings (SSSR count). The number of nitrogens with one attached hydrogen (secondary N) is 1. The largest absolute Gasteiger partial charge is 0.310 e. The Morgan fingerprint density at radius 3 is 2.64 bits per heavy atom. The number of imidazole rings is 1. The Hall–Kier alpha value is -2.67. The van der Waals surface area contributed by atoms with Crippen LogP contribution in [-0.4, -0.2) is 30.1 Å². The number of para-hydroxylation sites is 2. The van der Waals surface area contributed by atoms with Crippen molar-refractivity contribution in [1.29, 1.82) is 0 Å². The van der Waals surface area contributed by atoms with Gasteiger partial charge in [-0.25, -0.2) is 13.4 Å². The summed E-state index contributed by atoms with van der Waals surface area (Å²) in [6.45, 7) is 2.77.